The van der Waals surface area contributed by atoms with Gasteiger partial charge in [-0.25, -0.2) is 0 Å². The third kappa shape index (κ3) is 7.60. The second kappa shape index (κ2) is 17.8. The lowest BCUT2D eigenvalue weighted by Gasteiger charge is -2.20. The fourth-order valence-corrected chi connectivity index (χ4v) is 11.0. The summed E-state index contributed by atoms with van der Waals surface area (Å²) < 4.78 is 2.44. The second-order valence-electron chi connectivity index (χ2n) is 18.7. The van der Waals surface area contributed by atoms with Gasteiger partial charge in [0.05, 0.1) is 0 Å². The van der Waals surface area contributed by atoms with Gasteiger partial charge in [-0.15, -0.1) is 0 Å². The van der Waals surface area contributed by atoms with E-state index in [0.29, 0.717) is 0 Å². The van der Waals surface area contributed by atoms with Gasteiger partial charge in [0.25, 0.3) is 0 Å². The maximum atomic E-state index is 2.44. The maximum absolute atomic E-state index is 2.44. The van der Waals surface area contributed by atoms with Crippen molar-refractivity contribution in [3.63, 3.8) is 0 Å². The van der Waals surface area contributed by atoms with Crippen molar-refractivity contribution in [3.8, 4) is 89.0 Å². The number of benzene rings is 12. The largest absolute Gasteiger partial charge is 0.341 e. The molecule has 0 saturated heterocycles. The van der Waals surface area contributed by atoms with E-state index in [0.717, 1.165) is 6.54 Å². The summed E-state index contributed by atoms with van der Waals surface area (Å²) >= 11 is 0. The minimum atomic E-state index is 0.910. The Morgan fingerprint density at radius 2 is 0.451 bits per heavy atom. The van der Waals surface area contributed by atoms with Crippen LogP contribution in [-0.2, 0) is 6.54 Å². The second-order valence-corrected chi connectivity index (χ2v) is 18.7. The van der Waals surface area contributed by atoms with Crippen LogP contribution in [0.3, 0.4) is 0 Å². The van der Waals surface area contributed by atoms with Gasteiger partial charge in [-0.05, 0) is 154 Å². The number of hydrogen-bond acceptors (Lipinski definition) is 0. The molecule has 0 aliphatic heterocycles. The summed E-state index contributed by atoms with van der Waals surface area (Å²) in [6.07, 6.45) is 0. The molecule has 13 rings (SSSR count). The summed E-state index contributed by atoms with van der Waals surface area (Å²) in [6, 6.07) is 98.5. The first kappa shape index (κ1) is 42.1. The van der Waals surface area contributed by atoms with E-state index in [1.165, 1.54) is 132 Å². The lowest BCUT2D eigenvalue weighted by atomic mass is 9.83. The zero-order chi connectivity index (χ0) is 47.3. The smallest absolute Gasteiger partial charge is 0.0491 e. The zero-order valence-electron chi connectivity index (χ0n) is 39.6. The van der Waals surface area contributed by atoms with Crippen molar-refractivity contribution in [1.82, 2.24) is 4.57 Å². The Hall–Kier alpha value is -9.04. The average molecular weight is 904 g/mol. The summed E-state index contributed by atoms with van der Waals surface area (Å²) in [4.78, 5) is 0. The fourth-order valence-electron chi connectivity index (χ4n) is 11.0. The highest BCUT2D eigenvalue weighted by Crippen LogP contribution is 2.47. The van der Waals surface area contributed by atoms with Crippen molar-refractivity contribution >= 4 is 43.4 Å². The molecule has 0 unspecified atom stereocenters. The van der Waals surface area contributed by atoms with Gasteiger partial charge in [0.15, 0.2) is 0 Å². The molecule has 13 aromatic rings. The molecule has 0 atom stereocenters. The Balaban J connectivity index is 0.969. The number of aromatic nitrogens is 1. The summed E-state index contributed by atoms with van der Waals surface area (Å²) in [5.41, 5.74) is 21.9. The van der Waals surface area contributed by atoms with Crippen molar-refractivity contribution in [2.24, 2.45) is 0 Å². The molecular formula is C70H49N. The molecule has 0 amide bonds. The molecule has 0 spiro atoms. The summed E-state index contributed by atoms with van der Waals surface area (Å²) in [5, 5.41) is 7.50. The molecular weight excluding hydrogens is 855 g/mol. The van der Waals surface area contributed by atoms with Crippen LogP contribution in [0.4, 0.5) is 0 Å². The van der Waals surface area contributed by atoms with Gasteiger partial charge in [-0.2, -0.15) is 0 Å². The van der Waals surface area contributed by atoms with E-state index in [1.807, 2.05) is 0 Å². The highest BCUT2D eigenvalue weighted by molar-refractivity contribution is 6.22. The van der Waals surface area contributed by atoms with Gasteiger partial charge in [-0.3, -0.25) is 0 Å². The third-order valence-electron chi connectivity index (χ3n) is 14.6. The van der Waals surface area contributed by atoms with E-state index < -0.39 is 0 Å². The number of hydrogen-bond donors (Lipinski definition) is 0. The normalized spacial score (nSPS) is 11.5. The molecule has 0 fully saturated rings. The van der Waals surface area contributed by atoms with E-state index >= 15 is 0 Å². The third-order valence-corrected chi connectivity index (χ3v) is 14.6. The van der Waals surface area contributed by atoms with Gasteiger partial charge in [0, 0.05) is 28.4 Å². The molecule has 1 nitrogen and oxygen atoms in total. The van der Waals surface area contributed by atoms with E-state index in [9.17, 15) is 0 Å². The van der Waals surface area contributed by atoms with Crippen LogP contribution >= 0.6 is 0 Å². The van der Waals surface area contributed by atoms with Crippen LogP contribution < -0.4 is 0 Å². The molecule has 334 valence electrons. The van der Waals surface area contributed by atoms with Gasteiger partial charge in [0.1, 0.15) is 0 Å². The molecule has 1 heteroatoms. The molecule has 0 radical (unpaired) electrons. The van der Waals surface area contributed by atoms with Crippen LogP contribution in [0.1, 0.15) is 6.92 Å². The predicted molar refractivity (Wildman–Crippen MR) is 304 cm³/mol. The maximum Gasteiger partial charge on any atom is 0.0491 e. The van der Waals surface area contributed by atoms with Gasteiger partial charge >= 0.3 is 0 Å². The SMILES string of the molecule is CCn1c2ccc(-c3ccccc3)cc2c2cc(-c3ccc(-c4c5ccc(-c6ccccc6)cc5c(-c5ccc(-c6ccc(-c7ccccc7)cc6)cc5)c5ccc(-c6ccccc6)cc45)cc3)ccc21. The monoisotopic (exact) mass is 903 g/mol. The topological polar surface area (TPSA) is 4.93 Å². The average Bonchev–Trinajstić information content (AvgIpc) is 3.77. The number of aryl methyl sites for hydroxylation is 1. The van der Waals surface area contributed by atoms with Crippen LogP contribution in [0.15, 0.2) is 267 Å². The number of rotatable bonds is 9. The zero-order valence-corrected chi connectivity index (χ0v) is 39.6. The molecule has 0 saturated carbocycles. The highest BCUT2D eigenvalue weighted by atomic mass is 15.0. The predicted octanol–water partition coefficient (Wildman–Crippen LogP) is 19.5. The molecule has 0 aliphatic carbocycles. The van der Waals surface area contributed by atoms with E-state index in [2.05, 4.69) is 278 Å². The summed E-state index contributed by atoms with van der Waals surface area (Å²) in [7, 11) is 0. The Morgan fingerprint density at radius 3 is 0.775 bits per heavy atom. The summed E-state index contributed by atoms with van der Waals surface area (Å²) in [6.45, 7) is 3.15. The summed E-state index contributed by atoms with van der Waals surface area (Å²) in [5.74, 6) is 0. The first-order valence-electron chi connectivity index (χ1n) is 24.8. The molecule has 0 aliphatic rings. The Morgan fingerprint density at radius 1 is 0.211 bits per heavy atom. The van der Waals surface area contributed by atoms with Crippen molar-refractivity contribution in [2.45, 2.75) is 13.5 Å². The Labute approximate surface area is 415 Å². The van der Waals surface area contributed by atoms with Gasteiger partial charge in [-0.1, -0.05) is 231 Å². The Bertz CT molecular complexity index is 4060. The fraction of sp³-hybridized carbons (Fsp3) is 0.0286. The molecule has 1 aromatic heterocycles. The Kier molecular flexibility index (Phi) is 10.6. The van der Waals surface area contributed by atoms with E-state index in [-0.39, 0.29) is 0 Å². The van der Waals surface area contributed by atoms with Crippen molar-refractivity contribution in [1.29, 1.82) is 0 Å². The van der Waals surface area contributed by atoms with Crippen molar-refractivity contribution in [3.05, 3.63) is 267 Å². The lowest BCUT2D eigenvalue weighted by molar-refractivity contribution is 0.827. The standard InChI is InChI=1S/C70H49N/c1-2-71-67-41-37-59(50-21-13-6-14-22-50)43-63(67)64-44-60(38-42-68(64)71)54-29-33-56(34-30-54)70-62-40-36-57(48-17-9-4-10-18-48)45-65(62)69(61-39-35-58(46-66(61)70)49-19-11-5-12-20-49)55-31-27-53(28-32-55)52-25-23-51(24-26-52)47-15-7-3-8-16-47/h3-46H,2H2,1H3. The number of fused-ring (bicyclic) bond motifs is 5. The minimum absolute atomic E-state index is 0.910. The van der Waals surface area contributed by atoms with Crippen molar-refractivity contribution < 1.29 is 0 Å². The van der Waals surface area contributed by atoms with Crippen LogP contribution in [-0.4, -0.2) is 4.57 Å². The quantitative estimate of drug-likeness (QED) is 0.127. The molecule has 1 heterocycles. The first-order chi connectivity index (χ1) is 35.1. The van der Waals surface area contributed by atoms with E-state index in [4.69, 9.17) is 0 Å². The van der Waals surface area contributed by atoms with Crippen LogP contribution in [0.2, 0.25) is 0 Å². The van der Waals surface area contributed by atoms with Crippen LogP contribution in [0.5, 0.6) is 0 Å². The molecule has 0 bridgehead atoms. The highest BCUT2D eigenvalue weighted by Gasteiger charge is 2.20. The van der Waals surface area contributed by atoms with Crippen LogP contribution in [0, 0.1) is 0 Å². The van der Waals surface area contributed by atoms with E-state index in [1.54, 1.807) is 0 Å². The lowest BCUT2D eigenvalue weighted by Crippen LogP contribution is -1.93. The van der Waals surface area contributed by atoms with Crippen molar-refractivity contribution in [2.75, 3.05) is 0 Å². The number of nitrogens with zero attached hydrogens (tertiary/aromatic N) is 1. The molecule has 71 heavy (non-hydrogen) atoms. The van der Waals surface area contributed by atoms with Crippen LogP contribution in [0.25, 0.3) is 132 Å². The molecule has 0 N–H and O–H groups in total. The van der Waals surface area contributed by atoms with Gasteiger partial charge in [0.2, 0.25) is 0 Å². The minimum Gasteiger partial charge on any atom is -0.341 e. The molecule has 12 aromatic carbocycles. The van der Waals surface area contributed by atoms with Gasteiger partial charge < -0.3 is 4.57 Å². The first-order valence-corrected chi connectivity index (χ1v) is 24.8.